The van der Waals surface area contributed by atoms with Crippen LogP contribution in [-0.2, 0) is 16.4 Å². The van der Waals surface area contributed by atoms with Crippen LogP contribution in [0.1, 0.15) is 50.8 Å². The second-order valence-corrected chi connectivity index (χ2v) is 13.8. The third-order valence-corrected chi connectivity index (χ3v) is 10.0. The van der Waals surface area contributed by atoms with Gasteiger partial charge in [0.15, 0.2) is 5.82 Å². The lowest BCUT2D eigenvalue weighted by Crippen LogP contribution is -2.42. The second kappa shape index (κ2) is 12.3. The van der Waals surface area contributed by atoms with Crippen LogP contribution in [0.2, 0.25) is 5.02 Å². The Morgan fingerprint density at radius 2 is 1.91 bits per heavy atom. The molecule has 238 valence electrons. The number of fused-ring (bicyclic) bond motifs is 2. The highest BCUT2D eigenvalue weighted by atomic mass is 35.5. The Morgan fingerprint density at radius 1 is 1.16 bits per heavy atom. The predicted molar refractivity (Wildman–Crippen MR) is 170 cm³/mol. The summed E-state index contributed by atoms with van der Waals surface area (Å²) in [6.45, 7) is 8.17. The van der Waals surface area contributed by atoms with E-state index >= 15 is 8.78 Å². The van der Waals surface area contributed by atoms with Gasteiger partial charge < -0.3 is 20.1 Å². The molecular weight excluding hydrogens is 624 g/mol. The molecule has 0 amide bonds. The first-order valence-corrected chi connectivity index (χ1v) is 16.8. The van der Waals surface area contributed by atoms with Crippen molar-refractivity contribution in [1.29, 1.82) is 0 Å². The normalized spacial score (nSPS) is 17.5. The number of hydrogen-bond acceptors (Lipinski definition) is 8. The number of sulfonamides is 1. The Morgan fingerprint density at radius 3 is 2.62 bits per heavy atom. The van der Waals surface area contributed by atoms with E-state index in [1.807, 2.05) is 6.92 Å². The fourth-order valence-corrected chi connectivity index (χ4v) is 7.53. The summed E-state index contributed by atoms with van der Waals surface area (Å²) < 4.78 is 65.6. The van der Waals surface area contributed by atoms with Crippen LogP contribution in [-0.4, -0.2) is 60.2 Å². The van der Waals surface area contributed by atoms with Crippen molar-refractivity contribution < 1.29 is 27.0 Å². The fraction of sp³-hybridized carbons (Fsp3) is 0.375. The molecule has 0 spiro atoms. The Kier molecular flexibility index (Phi) is 8.59. The summed E-state index contributed by atoms with van der Waals surface area (Å²) >= 11 is 6.11. The van der Waals surface area contributed by atoms with Crippen LogP contribution >= 0.6 is 11.6 Å². The molecule has 13 heteroatoms. The van der Waals surface area contributed by atoms with Crippen LogP contribution in [0.5, 0.6) is 5.75 Å². The van der Waals surface area contributed by atoms with Crippen molar-refractivity contribution in [2.75, 3.05) is 29.7 Å². The molecule has 1 fully saturated rings. The van der Waals surface area contributed by atoms with Crippen LogP contribution in [0.3, 0.4) is 0 Å². The summed E-state index contributed by atoms with van der Waals surface area (Å²) in [4.78, 5) is 11.3. The maximum Gasteiger partial charge on any atom is 0.265 e. The number of halogens is 3. The summed E-state index contributed by atoms with van der Waals surface area (Å²) in [5, 5.41) is 14.2. The van der Waals surface area contributed by atoms with Crippen LogP contribution in [0, 0.1) is 11.6 Å². The van der Waals surface area contributed by atoms with Crippen molar-refractivity contribution in [1.82, 2.24) is 14.9 Å². The summed E-state index contributed by atoms with van der Waals surface area (Å²) in [6.07, 6.45) is 3.07. The molecule has 6 rings (SSSR count). The molecule has 2 aliphatic rings. The third-order valence-electron chi connectivity index (χ3n) is 8.44. The first kappa shape index (κ1) is 31.4. The molecule has 1 saturated heterocycles. The van der Waals surface area contributed by atoms with E-state index in [4.69, 9.17) is 21.3 Å². The van der Waals surface area contributed by atoms with E-state index in [2.05, 4.69) is 33.8 Å². The molecule has 1 aromatic heterocycles. The van der Waals surface area contributed by atoms with Crippen molar-refractivity contribution >= 4 is 44.2 Å². The number of ether oxygens (including phenoxy) is 1. The molecule has 4 aromatic rings. The highest BCUT2D eigenvalue weighted by Crippen LogP contribution is 2.41. The van der Waals surface area contributed by atoms with Crippen molar-refractivity contribution in [2.45, 2.75) is 63.1 Å². The molecule has 1 atom stereocenters. The monoisotopic (exact) mass is 657 g/mol. The fourth-order valence-electron chi connectivity index (χ4n) is 5.98. The highest BCUT2D eigenvalue weighted by Gasteiger charge is 2.32. The van der Waals surface area contributed by atoms with Gasteiger partial charge in [0.25, 0.3) is 10.0 Å². The van der Waals surface area contributed by atoms with Gasteiger partial charge >= 0.3 is 0 Å². The van der Waals surface area contributed by atoms with Gasteiger partial charge in [-0.05, 0) is 80.6 Å². The minimum Gasteiger partial charge on any atom is -0.489 e. The lowest BCUT2D eigenvalue weighted by molar-refractivity contribution is 0.140. The van der Waals surface area contributed by atoms with E-state index in [1.165, 1.54) is 6.07 Å². The number of hydrogen-bond donors (Lipinski definition) is 3. The second-order valence-electron chi connectivity index (χ2n) is 11.7. The molecule has 45 heavy (non-hydrogen) atoms. The number of rotatable bonds is 8. The van der Waals surface area contributed by atoms with Gasteiger partial charge in [-0.25, -0.2) is 27.2 Å². The molecule has 3 heterocycles. The average Bonchev–Trinajstić information content (AvgIpc) is 3.38. The van der Waals surface area contributed by atoms with Crippen LogP contribution in [0.4, 0.5) is 20.4 Å². The van der Waals surface area contributed by atoms with Crippen LogP contribution < -0.4 is 14.8 Å². The number of aromatic nitrogens is 2. The molecule has 3 N–H and O–H groups in total. The van der Waals surface area contributed by atoms with Gasteiger partial charge in [-0.3, -0.25) is 4.72 Å². The van der Waals surface area contributed by atoms with Gasteiger partial charge in [0, 0.05) is 47.3 Å². The Bertz CT molecular complexity index is 1880. The first-order chi connectivity index (χ1) is 21.4. The van der Waals surface area contributed by atoms with Crippen LogP contribution in [0.15, 0.2) is 47.5 Å². The summed E-state index contributed by atoms with van der Waals surface area (Å²) in [5.74, 6) is -1.52. The van der Waals surface area contributed by atoms with Crippen molar-refractivity contribution in [3.05, 3.63) is 70.4 Å². The van der Waals surface area contributed by atoms with E-state index < -0.39 is 39.0 Å². The van der Waals surface area contributed by atoms with Crippen molar-refractivity contribution in [3.63, 3.8) is 0 Å². The van der Waals surface area contributed by atoms with Crippen LogP contribution in [0.25, 0.3) is 22.0 Å². The SMILES string of the molecule is CCc1cc(-c2c(F)ccc(NS(=O)(=O)c3cc(Cl)cc4c3OC[C@H]4O)c2F)cc2cnc(NC3CCN(C(C)C)CC3)nc12. The summed E-state index contributed by atoms with van der Waals surface area (Å²) in [7, 11) is -4.45. The topological polar surface area (TPSA) is 117 Å². The van der Waals surface area contributed by atoms with Gasteiger partial charge in [0.2, 0.25) is 5.95 Å². The zero-order chi connectivity index (χ0) is 32.0. The van der Waals surface area contributed by atoms with Gasteiger partial charge in [0.05, 0.1) is 16.8 Å². The lowest BCUT2D eigenvalue weighted by atomic mass is 9.97. The Labute approximate surface area is 265 Å². The average molecular weight is 658 g/mol. The number of nitrogens with zero attached hydrogens (tertiary/aromatic N) is 3. The number of likely N-dealkylation sites (tertiary alicyclic amines) is 1. The quantitative estimate of drug-likeness (QED) is 0.202. The number of aryl methyl sites for hydroxylation is 1. The molecule has 0 unspecified atom stereocenters. The number of benzene rings is 3. The summed E-state index contributed by atoms with van der Waals surface area (Å²) in [5.41, 5.74) is 1.01. The molecule has 0 radical (unpaired) electrons. The van der Waals surface area contributed by atoms with Gasteiger partial charge in [0.1, 0.15) is 29.2 Å². The number of nitrogens with one attached hydrogen (secondary N) is 2. The zero-order valence-electron chi connectivity index (χ0n) is 25.1. The maximum absolute atomic E-state index is 16.0. The third kappa shape index (κ3) is 6.16. The Hall–Kier alpha value is -3.58. The molecule has 9 nitrogen and oxygen atoms in total. The number of piperidine rings is 1. The zero-order valence-corrected chi connectivity index (χ0v) is 26.6. The lowest BCUT2D eigenvalue weighted by Gasteiger charge is -2.34. The molecule has 0 saturated carbocycles. The van der Waals surface area contributed by atoms with E-state index in [0.717, 1.165) is 49.7 Å². The van der Waals surface area contributed by atoms with Crippen molar-refractivity contribution in [3.8, 4) is 16.9 Å². The minimum atomic E-state index is -4.45. The van der Waals surface area contributed by atoms with E-state index in [-0.39, 0.29) is 39.4 Å². The summed E-state index contributed by atoms with van der Waals surface area (Å²) in [6, 6.07) is 8.60. The van der Waals surface area contributed by atoms with E-state index in [1.54, 1.807) is 18.3 Å². The largest absolute Gasteiger partial charge is 0.489 e. The van der Waals surface area contributed by atoms with E-state index in [0.29, 0.717) is 29.3 Å². The maximum atomic E-state index is 16.0. The van der Waals surface area contributed by atoms with Gasteiger partial charge in [-0.1, -0.05) is 18.5 Å². The Balaban J connectivity index is 1.31. The number of anilines is 2. The molecule has 0 bridgehead atoms. The predicted octanol–water partition coefficient (Wildman–Crippen LogP) is 6.30. The molecule has 0 aliphatic carbocycles. The van der Waals surface area contributed by atoms with Gasteiger partial charge in [-0.15, -0.1) is 0 Å². The highest BCUT2D eigenvalue weighted by molar-refractivity contribution is 7.92. The number of aliphatic hydroxyl groups is 1. The number of aliphatic hydroxyl groups excluding tert-OH is 1. The minimum absolute atomic E-state index is 0.0549. The van der Waals surface area contributed by atoms with Crippen molar-refractivity contribution in [2.24, 2.45) is 0 Å². The molecule has 2 aliphatic heterocycles. The molecular formula is C32H34ClF2N5O4S. The van der Waals surface area contributed by atoms with E-state index in [9.17, 15) is 13.5 Å². The smallest absolute Gasteiger partial charge is 0.265 e. The van der Waals surface area contributed by atoms with Gasteiger partial charge in [-0.2, -0.15) is 0 Å². The molecule has 3 aromatic carbocycles. The standard InChI is InChI=1S/C32H34ClF2N5O4S/c1-4-18-11-19(12-20-15-36-32(38-30(18)20)37-22-7-9-40(10-8-22)17(2)3)28-24(34)5-6-25(29(28)35)39-45(42,43)27-14-21(33)13-23-26(41)16-44-31(23)27/h5-6,11-15,17,22,26,39,41H,4,7-10,16H2,1-3H3,(H,36,37,38)/t26-/m1/s1. The first-order valence-electron chi connectivity index (χ1n) is 14.9.